The van der Waals surface area contributed by atoms with E-state index in [1.54, 1.807) is 18.2 Å². The first kappa shape index (κ1) is 14.3. The highest BCUT2D eigenvalue weighted by Crippen LogP contribution is 2.23. The van der Waals surface area contributed by atoms with Gasteiger partial charge >= 0.3 is 0 Å². The molecule has 0 aliphatic rings. The van der Waals surface area contributed by atoms with Crippen molar-refractivity contribution in [3.8, 4) is 0 Å². The molecule has 0 saturated heterocycles. The van der Waals surface area contributed by atoms with E-state index in [2.05, 4.69) is 5.32 Å². The second kappa shape index (κ2) is 6.24. The molecule has 0 fully saturated rings. The summed E-state index contributed by atoms with van der Waals surface area (Å²) in [4.78, 5) is 11.7. The molecular weight excluding hydrogens is 259 g/mol. The molecule has 0 heterocycles. The van der Waals surface area contributed by atoms with Crippen LogP contribution in [0.5, 0.6) is 0 Å². The van der Waals surface area contributed by atoms with Gasteiger partial charge in [0, 0.05) is 22.2 Å². The van der Waals surface area contributed by atoms with Gasteiger partial charge < -0.3 is 11.1 Å². The van der Waals surface area contributed by atoms with Gasteiger partial charge in [0.2, 0.25) is 5.91 Å². The van der Waals surface area contributed by atoms with E-state index in [1.807, 2.05) is 13.8 Å². The van der Waals surface area contributed by atoms with Crippen molar-refractivity contribution in [1.29, 1.82) is 0 Å². The standard InChI is InChI=1S/C12H16Cl2N2O/c1-7(2)11(15)12(17)16-6-8-9(13)4-3-5-10(8)14/h3-5,7,11H,6,15H2,1-2H3,(H,16,17). The van der Waals surface area contributed by atoms with Crippen molar-refractivity contribution in [2.45, 2.75) is 26.4 Å². The first-order valence-electron chi connectivity index (χ1n) is 5.39. The van der Waals surface area contributed by atoms with Crippen LogP contribution in [0, 0.1) is 5.92 Å². The molecule has 94 valence electrons. The molecule has 1 amide bonds. The van der Waals surface area contributed by atoms with Crippen molar-refractivity contribution in [2.75, 3.05) is 0 Å². The topological polar surface area (TPSA) is 55.1 Å². The van der Waals surface area contributed by atoms with E-state index >= 15 is 0 Å². The maximum atomic E-state index is 11.7. The van der Waals surface area contributed by atoms with Crippen LogP contribution in [0.3, 0.4) is 0 Å². The average molecular weight is 275 g/mol. The maximum absolute atomic E-state index is 11.7. The molecule has 0 bridgehead atoms. The van der Waals surface area contributed by atoms with E-state index in [-0.39, 0.29) is 18.4 Å². The first-order valence-corrected chi connectivity index (χ1v) is 6.15. The molecule has 1 aromatic carbocycles. The number of halogens is 2. The smallest absolute Gasteiger partial charge is 0.237 e. The molecule has 0 spiro atoms. The second-order valence-electron chi connectivity index (χ2n) is 4.19. The van der Waals surface area contributed by atoms with E-state index in [4.69, 9.17) is 28.9 Å². The first-order chi connectivity index (χ1) is 7.93. The Labute approximate surface area is 111 Å². The number of hydrogen-bond donors (Lipinski definition) is 2. The van der Waals surface area contributed by atoms with Gasteiger partial charge in [0.1, 0.15) is 0 Å². The molecule has 1 unspecified atom stereocenters. The lowest BCUT2D eigenvalue weighted by atomic mass is 10.0. The summed E-state index contributed by atoms with van der Waals surface area (Å²) in [5, 5.41) is 3.80. The lowest BCUT2D eigenvalue weighted by Gasteiger charge is -2.16. The summed E-state index contributed by atoms with van der Waals surface area (Å²) in [6, 6.07) is 4.71. The van der Waals surface area contributed by atoms with Crippen LogP contribution < -0.4 is 11.1 Å². The lowest BCUT2D eigenvalue weighted by Crippen LogP contribution is -2.43. The van der Waals surface area contributed by atoms with Crippen LogP contribution in [0.25, 0.3) is 0 Å². The number of rotatable bonds is 4. The fraction of sp³-hybridized carbons (Fsp3) is 0.417. The van der Waals surface area contributed by atoms with Gasteiger partial charge in [-0.1, -0.05) is 43.1 Å². The molecule has 1 rings (SSSR count). The van der Waals surface area contributed by atoms with Crippen molar-refractivity contribution in [3.63, 3.8) is 0 Å². The Balaban J connectivity index is 2.65. The number of carbonyl (C=O) groups is 1. The molecule has 0 aliphatic heterocycles. The van der Waals surface area contributed by atoms with Crippen LogP contribution in [0.2, 0.25) is 10.0 Å². The molecule has 1 aromatic rings. The maximum Gasteiger partial charge on any atom is 0.237 e. The van der Waals surface area contributed by atoms with Crippen LogP contribution in [0.4, 0.5) is 0 Å². The van der Waals surface area contributed by atoms with E-state index in [9.17, 15) is 4.79 Å². The lowest BCUT2D eigenvalue weighted by molar-refractivity contribution is -0.123. The minimum absolute atomic E-state index is 0.0942. The molecule has 0 radical (unpaired) electrons. The van der Waals surface area contributed by atoms with Crippen LogP contribution in [0.15, 0.2) is 18.2 Å². The van der Waals surface area contributed by atoms with Crippen molar-refractivity contribution in [2.24, 2.45) is 11.7 Å². The molecule has 3 nitrogen and oxygen atoms in total. The Morgan fingerprint density at radius 3 is 2.35 bits per heavy atom. The molecule has 17 heavy (non-hydrogen) atoms. The van der Waals surface area contributed by atoms with Gasteiger partial charge in [0.05, 0.1) is 6.04 Å². The van der Waals surface area contributed by atoms with Gasteiger partial charge in [0.15, 0.2) is 0 Å². The minimum atomic E-state index is -0.517. The SMILES string of the molecule is CC(C)C(N)C(=O)NCc1c(Cl)cccc1Cl. The summed E-state index contributed by atoms with van der Waals surface area (Å²) in [5.74, 6) is -0.104. The van der Waals surface area contributed by atoms with Gasteiger partial charge in [0.25, 0.3) is 0 Å². The van der Waals surface area contributed by atoms with Gasteiger partial charge in [-0.05, 0) is 18.1 Å². The van der Waals surface area contributed by atoms with Crippen LogP contribution in [0.1, 0.15) is 19.4 Å². The predicted molar refractivity (Wildman–Crippen MR) is 71.1 cm³/mol. The summed E-state index contributed by atoms with van der Waals surface area (Å²) in [6.07, 6.45) is 0. The predicted octanol–water partition coefficient (Wildman–Crippen LogP) is 2.59. The average Bonchev–Trinajstić information content (AvgIpc) is 2.26. The Morgan fingerprint density at radius 2 is 1.88 bits per heavy atom. The molecule has 0 saturated carbocycles. The number of carbonyl (C=O) groups excluding carboxylic acids is 1. The van der Waals surface area contributed by atoms with E-state index < -0.39 is 6.04 Å². The van der Waals surface area contributed by atoms with E-state index in [0.29, 0.717) is 15.6 Å². The van der Waals surface area contributed by atoms with Gasteiger partial charge in [-0.15, -0.1) is 0 Å². The van der Waals surface area contributed by atoms with Crippen molar-refractivity contribution >= 4 is 29.1 Å². The third kappa shape index (κ3) is 3.87. The zero-order chi connectivity index (χ0) is 13.0. The summed E-state index contributed by atoms with van der Waals surface area (Å²) in [5.41, 5.74) is 6.43. The molecule has 5 heteroatoms. The van der Waals surface area contributed by atoms with Crippen LogP contribution >= 0.6 is 23.2 Å². The van der Waals surface area contributed by atoms with Gasteiger partial charge in [-0.2, -0.15) is 0 Å². The molecule has 0 aliphatic carbocycles. The van der Waals surface area contributed by atoms with Crippen LogP contribution in [-0.4, -0.2) is 11.9 Å². The molecule has 1 atom stereocenters. The van der Waals surface area contributed by atoms with Gasteiger partial charge in [-0.25, -0.2) is 0 Å². The van der Waals surface area contributed by atoms with Crippen LogP contribution in [-0.2, 0) is 11.3 Å². The Kier molecular flexibility index (Phi) is 5.25. The Morgan fingerprint density at radius 1 is 1.35 bits per heavy atom. The van der Waals surface area contributed by atoms with Gasteiger partial charge in [-0.3, -0.25) is 4.79 Å². The fourth-order valence-electron chi connectivity index (χ4n) is 1.30. The highest BCUT2D eigenvalue weighted by Gasteiger charge is 2.17. The summed E-state index contributed by atoms with van der Waals surface area (Å²) in [6.45, 7) is 4.08. The number of nitrogens with two attached hydrogens (primary N) is 1. The third-order valence-electron chi connectivity index (χ3n) is 2.52. The number of amides is 1. The second-order valence-corrected chi connectivity index (χ2v) is 5.00. The normalized spacial score (nSPS) is 12.6. The van der Waals surface area contributed by atoms with Crippen molar-refractivity contribution in [3.05, 3.63) is 33.8 Å². The third-order valence-corrected chi connectivity index (χ3v) is 3.23. The fourth-order valence-corrected chi connectivity index (χ4v) is 1.83. The van der Waals surface area contributed by atoms with Crippen molar-refractivity contribution in [1.82, 2.24) is 5.32 Å². The van der Waals surface area contributed by atoms with Crippen molar-refractivity contribution < 1.29 is 4.79 Å². The number of nitrogens with one attached hydrogen (secondary N) is 1. The Bertz CT molecular complexity index is 387. The number of hydrogen-bond acceptors (Lipinski definition) is 2. The zero-order valence-electron chi connectivity index (χ0n) is 9.84. The highest BCUT2D eigenvalue weighted by molar-refractivity contribution is 6.36. The summed E-state index contributed by atoms with van der Waals surface area (Å²) >= 11 is 12.0. The number of benzene rings is 1. The quantitative estimate of drug-likeness (QED) is 0.887. The highest BCUT2D eigenvalue weighted by atomic mass is 35.5. The molecule has 3 N–H and O–H groups in total. The van der Waals surface area contributed by atoms with E-state index in [0.717, 1.165) is 0 Å². The Hall–Kier alpha value is -0.770. The zero-order valence-corrected chi connectivity index (χ0v) is 11.3. The monoisotopic (exact) mass is 274 g/mol. The molecular formula is C12H16Cl2N2O. The minimum Gasteiger partial charge on any atom is -0.351 e. The summed E-state index contributed by atoms with van der Waals surface area (Å²) in [7, 11) is 0. The molecule has 0 aromatic heterocycles. The largest absolute Gasteiger partial charge is 0.351 e. The summed E-state index contributed by atoms with van der Waals surface area (Å²) < 4.78 is 0. The van der Waals surface area contributed by atoms with E-state index in [1.165, 1.54) is 0 Å².